The Bertz CT molecular complexity index is 1020. The van der Waals surface area contributed by atoms with E-state index in [1.54, 1.807) is 0 Å². The molecule has 0 saturated carbocycles. The molecule has 0 fully saturated rings. The predicted octanol–water partition coefficient (Wildman–Crippen LogP) is 3.09. The fraction of sp³-hybridized carbons (Fsp3) is 0.400. The van der Waals surface area contributed by atoms with E-state index < -0.39 is 39.7 Å². The highest BCUT2D eigenvalue weighted by Crippen LogP contribution is 2.51. The Morgan fingerprint density at radius 1 is 1.15 bits per heavy atom. The molecule has 1 aliphatic rings. The van der Waals surface area contributed by atoms with Crippen LogP contribution in [0.4, 0.5) is 32.0 Å². The molecule has 12 heteroatoms. The molecule has 1 aliphatic heterocycles. The van der Waals surface area contributed by atoms with Crippen molar-refractivity contribution in [3.8, 4) is 0 Å². The summed E-state index contributed by atoms with van der Waals surface area (Å²) in [5, 5.41) is 20.5. The lowest BCUT2D eigenvalue weighted by Gasteiger charge is -2.33. The van der Waals surface area contributed by atoms with Crippen LogP contribution in [0.2, 0.25) is 0 Å². The van der Waals surface area contributed by atoms with Gasteiger partial charge in [0, 0.05) is 23.1 Å². The van der Waals surface area contributed by atoms with Gasteiger partial charge in [-0.3, -0.25) is 14.9 Å². The van der Waals surface area contributed by atoms with Gasteiger partial charge in [0.25, 0.3) is 5.60 Å². The molecule has 0 bridgehead atoms. The van der Waals surface area contributed by atoms with Crippen LogP contribution in [0.15, 0.2) is 16.9 Å². The minimum atomic E-state index is -6.08. The molecule has 27 heavy (non-hydrogen) atoms. The zero-order chi connectivity index (χ0) is 20.5. The summed E-state index contributed by atoms with van der Waals surface area (Å²) in [5.74, 6) is 0. The monoisotopic (exact) mass is 396 g/mol. The lowest BCUT2D eigenvalue weighted by molar-refractivity contribution is -0.386. The van der Waals surface area contributed by atoms with Gasteiger partial charge in [0.05, 0.1) is 10.4 Å². The Morgan fingerprint density at radius 2 is 1.70 bits per heavy atom. The lowest BCUT2D eigenvalue weighted by atomic mass is 9.88. The Hall–Kier alpha value is -2.63. The van der Waals surface area contributed by atoms with Crippen LogP contribution in [0.1, 0.15) is 16.7 Å². The molecular formula is C15H10F6N2O4. The topological polar surface area (TPSA) is 85.4 Å². The van der Waals surface area contributed by atoms with E-state index in [2.05, 4.69) is 0 Å². The molecule has 0 aliphatic carbocycles. The number of pyridine rings is 1. The highest BCUT2D eigenvalue weighted by molar-refractivity contribution is 5.90. The van der Waals surface area contributed by atoms with Crippen LogP contribution in [0, 0.1) is 17.0 Å². The number of rotatable bonds is 2. The molecule has 3 rings (SSSR count). The summed E-state index contributed by atoms with van der Waals surface area (Å²) in [7, 11) is 0. The molecule has 2 heterocycles. The third kappa shape index (κ3) is 2.42. The van der Waals surface area contributed by atoms with Gasteiger partial charge in [-0.25, -0.2) is 0 Å². The molecule has 0 unspecified atom stereocenters. The van der Waals surface area contributed by atoms with E-state index in [9.17, 15) is 46.4 Å². The normalized spacial score (nSPS) is 14.8. The van der Waals surface area contributed by atoms with Crippen LogP contribution in [-0.2, 0) is 18.6 Å². The number of aryl methyl sites for hydroxylation is 3. The van der Waals surface area contributed by atoms with Gasteiger partial charge in [0.1, 0.15) is 0 Å². The standard InChI is InChI=1S/C15H10F6N2O4/c1-6-9-5-8(13(25,14(16,17)18)15(19,20)21)4-7-2-3-22(11(7)9)12(24)10(6)23(26)27/h4-5,25H,2-3H2,1H3. The maximum Gasteiger partial charge on any atom is 0.430 e. The van der Waals surface area contributed by atoms with E-state index in [0.717, 1.165) is 11.5 Å². The largest absolute Gasteiger partial charge is 0.430 e. The first-order valence-electron chi connectivity index (χ1n) is 7.42. The SMILES string of the molecule is Cc1c([N+](=O)[O-])c(=O)n2c3c(cc(C(O)(C(F)(F)F)C(F)(F)F)cc13)CC2. The summed E-state index contributed by atoms with van der Waals surface area (Å²) >= 11 is 0. The molecule has 0 radical (unpaired) electrons. The molecule has 0 atom stereocenters. The van der Waals surface area contributed by atoms with E-state index >= 15 is 0 Å². The number of benzene rings is 1. The summed E-state index contributed by atoms with van der Waals surface area (Å²) in [6.45, 7) is 0.928. The molecule has 1 aromatic heterocycles. The maximum atomic E-state index is 13.2. The number of hydrogen-bond acceptors (Lipinski definition) is 4. The second kappa shape index (κ2) is 5.44. The van der Waals surface area contributed by atoms with Crippen molar-refractivity contribution in [2.75, 3.05) is 0 Å². The molecular weight excluding hydrogens is 386 g/mol. The van der Waals surface area contributed by atoms with Gasteiger partial charge in [-0.05, 0) is 25.0 Å². The molecule has 6 nitrogen and oxygen atoms in total. The van der Waals surface area contributed by atoms with Gasteiger partial charge in [-0.1, -0.05) is 6.07 Å². The summed E-state index contributed by atoms with van der Waals surface area (Å²) in [6.07, 6.45) is -12.3. The van der Waals surface area contributed by atoms with Crippen LogP contribution >= 0.6 is 0 Å². The maximum absolute atomic E-state index is 13.2. The first kappa shape index (κ1) is 19.1. The van der Waals surface area contributed by atoms with Gasteiger partial charge in [-0.15, -0.1) is 0 Å². The zero-order valence-corrected chi connectivity index (χ0v) is 13.4. The van der Waals surface area contributed by atoms with E-state index in [-0.39, 0.29) is 35.0 Å². The van der Waals surface area contributed by atoms with Crippen molar-refractivity contribution in [3.05, 3.63) is 49.3 Å². The first-order chi connectivity index (χ1) is 12.2. The minimum Gasteiger partial charge on any atom is -0.369 e. The number of aromatic nitrogens is 1. The van der Waals surface area contributed by atoms with Crippen molar-refractivity contribution in [2.45, 2.75) is 37.8 Å². The molecule has 1 aromatic carbocycles. The molecule has 0 spiro atoms. The lowest BCUT2D eigenvalue weighted by Crippen LogP contribution is -2.54. The number of nitro groups is 1. The third-order valence-corrected chi connectivity index (χ3v) is 4.69. The smallest absolute Gasteiger partial charge is 0.369 e. The average Bonchev–Trinajstić information content (AvgIpc) is 2.93. The highest BCUT2D eigenvalue weighted by Gasteiger charge is 2.71. The second-order valence-corrected chi connectivity index (χ2v) is 6.17. The molecule has 0 amide bonds. The quantitative estimate of drug-likeness (QED) is 0.480. The fourth-order valence-corrected chi connectivity index (χ4v) is 3.36. The molecule has 146 valence electrons. The van der Waals surface area contributed by atoms with Crippen molar-refractivity contribution in [3.63, 3.8) is 0 Å². The van der Waals surface area contributed by atoms with Gasteiger partial charge in [-0.2, -0.15) is 26.3 Å². The van der Waals surface area contributed by atoms with Gasteiger partial charge < -0.3 is 9.67 Å². The van der Waals surface area contributed by atoms with E-state index in [4.69, 9.17) is 0 Å². The van der Waals surface area contributed by atoms with Crippen LogP contribution in [0.3, 0.4) is 0 Å². The molecule has 2 aromatic rings. The fourth-order valence-electron chi connectivity index (χ4n) is 3.36. The molecule has 1 N–H and O–H groups in total. The summed E-state index contributed by atoms with van der Waals surface area (Å²) in [6, 6.07) is 0.945. The van der Waals surface area contributed by atoms with E-state index in [1.165, 1.54) is 0 Å². The summed E-state index contributed by atoms with van der Waals surface area (Å²) in [4.78, 5) is 22.3. The Morgan fingerprint density at radius 3 is 2.19 bits per heavy atom. The Kier molecular flexibility index (Phi) is 3.86. The zero-order valence-electron chi connectivity index (χ0n) is 13.4. The average molecular weight is 396 g/mol. The Labute approximate surface area is 145 Å². The third-order valence-electron chi connectivity index (χ3n) is 4.69. The number of nitrogens with zero attached hydrogens (tertiary/aromatic N) is 2. The van der Waals surface area contributed by atoms with Crippen LogP contribution in [-0.4, -0.2) is 26.9 Å². The van der Waals surface area contributed by atoms with Crippen molar-refractivity contribution in [1.82, 2.24) is 4.57 Å². The number of aliphatic hydroxyl groups is 1. The van der Waals surface area contributed by atoms with Crippen molar-refractivity contribution < 1.29 is 36.4 Å². The van der Waals surface area contributed by atoms with Crippen molar-refractivity contribution in [1.29, 1.82) is 0 Å². The molecule has 0 saturated heterocycles. The number of alkyl halides is 6. The minimum absolute atomic E-state index is 0.0264. The van der Waals surface area contributed by atoms with Crippen molar-refractivity contribution in [2.24, 2.45) is 0 Å². The first-order valence-corrected chi connectivity index (χ1v) is 7.42. The Balaban J connectivity index is 2.47. The number of halogens is 6. The van der Waals surface area contributed by atoms with E-state index in [0.29, 0.717) is 12.1 Å². The second-order valence-electron chi connectivity index (χ2n) is 6.17. The van der Waals surface area contributed by atoms with Crippen LogP contribution in [0.25, 0.3) is 10.9 Å². The van der Waals surface area contributed by atoms with Gasteiger partial charge in [0.15, 0.2) is 0 Å². The number of hydrogen-bond donors (Lipinski definition) is 1. The van der Waals surface area contributed by atoms with Gasteiger partial charge >= 0.3 is 23.6 Å². The van der Waals surface area contributed by atoms with Gasteiger partial charge in [0.2, 0.25) is 0 Å². The van der Waals surface area contributed by atoms with Crippen molar-refractivity contribution >= 4 is 16.6 Å². The summed E-state index contributed by atoms with van der Waals surface area (Å²) in [5.41, 5.74) is -8.96. The van der Waals surface area contributed by atoms with E-state index in [1.807, 2.05) is 0 Å². The summed E-state index contributed by atoms with van der Waals surface area (Å²) < 4.78 is 80.0. The van der Waals surface area contributed by atoms with Crippen LogP contribution < -0.4 is 5.56 Å². The predicted molar refractivity (Wildman–Crippen MR) is 79.3 cm³/mol. The van der Waals surface area contributed by atoms with Crippen LogP contribution in [0.5, 0.6) is 0 Å². The highest BCUT2D eigenvalue weighted by atomic mass is 19.4.